The number of phenols is 1. The van der Waals surface area contributed by atoms with Crippen molar-refractivity contribution in [1.29, 1.82) is 0 Å². The minimum absolute atomic E-state index is 0.00966. The van der Waals surface area contributed by atoms with Gasteiger partial charge in [-0.1, -0.05) is 11.8 Å². The molecule has 0 aliphatic carbocycles. The highest BCUT2D eigenvalue weighted by Crippen LogP contribution is 2.44. The van der Waals surface area contributed by atoms with Crippen molar-refractivity contribution < 1.29 is 38.9 Å². The Morgan fingerprint density at radius 3 is 2.73 bits per heavy atom. The number of phenolic OH excluding ortho intramolecular Hbond substituents is 1. The molecule has 9 nitrogen and oxygen atoms in total. The van der Waals surface area contributed by atoms with Crippen LogP contribution in [0.4, 0.5) is 0 Å². The molecule has 2 N–H and O–H groups in total. The molecule has 0 spiro atoms. The van der Waals surface area contributed by atoms with Crippen molar-refractivity contribution in [3.63, 3.8) is 0 Å². The van der Waals surface area contributed by atoms with Crippen LogP contribution in [-0.4, -0.2) is 74.3 Å². The van der Waals surface area contributed by atoms with Crippen molar-refractivity contribution in [1.82, 2.24) is 4.90 Å². The van der Waals surface area contributed by atoms with Crippen molar-refractivity contribution in [2.75, 3.05) is 46.5 Å². The molecule has 2 aromatic rings. The van der Waals surface area contributed by atoms with Gasteiger partial charge in [0.1, 0.15) is 24.9 Å². The molecule has 0 saturated carbocycles. The number of carbonyl (C=O) groups is 2. The normalized spacial score (nSPS) is 23.3. The molecule has 0 aromatic heterocycles. The number of aromatic hydroxyl groups is 1. The quantitative estimate of drug-likeness (QED) is 0.296. The number of fused-ring (bicyclic) bond motifs is 1. The lowest BCUT2D eigenvalue weighted by Gasteiger charge is -2.30. The SMILES string of the molecule is COc1cc(C2/C(=C(\[O-])c3ccc4c(c3)CC(C)O4)C(=O)C(=O)N2CC[NH+]2CCOCC2)cc(Br)c1O. The number of ketones is 1. The number of methoxy groups -OCH3 is 1. The van der Waals surface area contributed by atoms with E-state index < -0.39 is 23.5 Å². The Morgan fingerprint density at radius 1 is 1.24 bits per heavy atom. The van der Waals surface area contributed by atoms with Gasteiger partial charge in [-0.2, -0.15) is 0 Å². The summed E-state index contributed by atoms with van der Waals surface area (Å²) in [5.74, 6) is -1.21. The van der Waals surface area contributed by atoms with Gasteiger partial charge in [-0.3, -0.25) is 9.59 Å². The molecular formula is C27H29BrN2O7. The minimum Gasteiger partial charge on any atom is -0.872 e. The number of morpholine rings is 1. The molecule has 3 aliphatic rings. The van der Waals surface area contributed by atoms with Gasteiger partial charge >= 0.3 is 0 Å². The fourth-order valence-corrected chi connectivity index (χ4v) is 5.72. The lowest BCUT2D eigenvalue weighted by atomic mass is 9.94. The summed E-state index contributed by atoms with van der Waals surface area (Å²) < 4.78 is 16.8. The first kappa shape index (κ1) is 25.6. The Balaban J connectivity index is 1.59. The third kappa shape index (κ3) is 4.81. The topological polar surface area (TPSA) is 113 Å². The summed E-state index contributed by atoms with van der Waals surface area (Å²) in [4.78, 5) is 29.4. The van der Waals surface area contributed by atoms with Crippen molar-refractivity contribution in [2.45, 2.75) is 25.5 Å². The summed E-state index contributed by atoms with van der Waals surface area (Å²) in [6.07, 6.45) is 0.675. The fourth-order valence-electron chi connectivity index (χ4n) is 5.26. The number of quaternary nitrogens is 1. The molecule has 1 amide bonds. The Bertz CT molecular complexity index is 1270. The largest absolute Gasteiger partial charge is 0.872 e. The predicted molar refractivity (Wildman–Crippen MR) is 135 cm³/mol. The summed E-state index contributed by atoms with van der Waals surface area (Å²) >= 11 is 3.33. The van der Waals surface area contributed by atoms with E-state index in [0.717, 1.165) is 24.4 Å². The lowest BCUT2D eigenvalue weighted by molar-refractivity contribution is -0.907. The molecule has 2 atom stereocenters. The Morgan fingerprint density at radius 2 is 2.00 bits per heavy atom. The monoisotopic (exact) mass is 572 g/mol. The molecule has 2 unspecified atom stereocenters. The molecule has 5 rings (SSSR count). The van der Waals surface area contributed by atoms with Crippen LogP contribution in [0.2, 0.25) is 0 Å². The zero-order chi connectivity index (χ0) is 26.3. The number of nitrogens with one attached hydrogen (secondary N) is 1. The molecule has 196 valence electrons. The van der Waals surface area contributed by atoms with Crippen LogP contribution in [0.15, 0.2) is 40.4 Å². The highest BCUT2D eigenvalue weighted by Gasteiger charge is 2.45. The van der Waals surface area contributed by atoms with Gasteiger partial charge in [0.15, 0.2) is 11.5 Å². The van der Waals surface area contributed by atoms with E-state index in [4.69, 9.17) is 14.2 Å². The maximum Gasteiger partial charge on any atom is 0.295 e. The van der Waals surface area contributed by atoms with Crippen molar-refractivity contribution in [3.05, 3.63) is 57.1 Å². The molecular weight excluding hydrogens is 544 g/mol. The number of carbonyl (C=O) groups excluding carboxylic acids is 2. The maximum atomic E-state index is 13.8. The molecule has 0 bridgehead atoms. The van der Waals surface area contributed by atoms with E-state index in [-0.39, 0.29) is 29.7 Å². The number of nitrogens with zero attached hydrogens (tertiary/aromatic N) is 1. The molecule has 2 saturated heterocycles. The Labute approximate surface area is 223 Å². The van der Waals surface area contributed by atoms with Crippen LogP contribution in [0.25, 0.3) is 5.76 Å². The standard InChI is InChI=1S/C27H29BrN2O7/c1-15-11-17-12-16(3-4-20(17)37-15)24(31)22-23(18-13-19(28)25(32)21(14-18)35-2)30(27(34)26(22)33)6-5-29-7-9-36-10-8-29/h3-4,12-15,23,31-32H,5-11H2,1-2H3/b24-22+. The van der Waals surface area contributed by atoms with Gasteiger partial charge in [-0.05, 0) is 63.8 Å². The van der Waals surface area contributed by atoms with E-state index in [0.29, 0.717) is 41.8 Å². The van der Waals surface area contributed by atoms with Crippen molar-refractivity contribution >= 4 is 33.4 Å². The van der Waals surface area contributed by atoms with Crippen LogP contribution in [0, 0.1) is 0 Å². The fraction of sp³-hybridized carbons (Fsp3) is 0.407. The van der Waals surface area contributed by atoms with Crippen LogP contribution >= 0.6 is 15.9 Å². The first-order chi connectivity index (χ1) is 17.8. The molecule has 37 heavy (non-hydrogen) atoms. The van der Waals surface area contributed by atoms with Gasteiger partial charge < -0.3 is 34.2 Å². The van der Waals surface area contributed by atoms with Gasteiger partial charge in [-0.25, -0.2) is 0 Å². The van der Waals surface area contributed by atoms with Crippen molar-refractivity contribution in [2.24, 2.45) is 0 Å². The Kier molecular flexibility index (Phi) is 7.15. The summed E-state index contributed by atoms with van der Waals surface area (Å²) in [7, 11) is 1.42. The molecule has 2 aromatic carbocycles. The van der Waals surface area contributed by atoms with E-state index in [1.165, 1.54) is 16.9 Å². The van der Waals surface area contributed by atoms with E-state index in [9.17, 15) is 19.8 Å². The van der Waals surface area contributed by atoms with Crippen LogP contribution in [0.3, 0.4) is 0 Å². The number of rotatable bonds is 6. The number of halogens is 1. The van der Waals surface area contributed by atoms with Crippen LogP contribution in [0.1, 0.15) is 29.7 Å². The van der Waals surface area contributed by atoms with Crippen LogP contribution in [-0.2, 0) is 20.7 Å². The van der Waals surface area contributed by atoms with Crippen LogP contribution < -0.4 is 19.5 Å². The van der Waals surface area contributed by atoms with Gasteiger partial charge in [-0.15, -0.1) is 0 Å². The lowest BCUT2D eigenvalue weighted by Crippen LogP contribution is -3.14. The zero-order valence-corrected chi connectivity index (χ0v) is 22.3. The predicted octanol–water partition coefficient (Wildman–Crippen LogP) is 0.626. The minimum atomic E-state index is -0.915. The first-order valence-electron chi connectivity index (χ1n) is 12.3. The molecule has 3 heterocycles. The Hall–Kier alpha value is -3.08. The van der Waals surface area contributed by atoms with Crippen LogP contribution in [0.5, 0.6) is 17.2 Å². The smallest absolute Gasteiger partial charge is 0.295 e. The number of Topliss-reactive ketones (excluding diaryl/α,β-unsaturated/α-hetero) is 1. The highest BCUT2D eigenvalue weighted by molar-refractivity contribution is 9.10. The number of likely N-dealkylation sites (tertiary alicyclic amines) is 1. The second kappa shape index (κ2) is 10.4. The van der Waals surface area contributed by atoms with E-state index in [2.05, 4.69) is 15.9 Å². The van der Waals surface area contributed by atoms with Gasteiger partial charge in [0.25, 0.3) is 5.91 Å². The summed E-state index contributed by atoms with van der Waals surface area (Å²) in [6, 6.07) is 7.39. The van der Waals surface area contributed by atoms with E-state index in [1.54, 1.807) is 30.3 Å². The number of benzene rings is 2. The van der Waals surface area contributed by atoms with Gasteiger partial charge in [0.05, 0.1) is 43.9 Å². The van der Waals surface area contributed by atoms with Crippen molar-refractivity contribution in [3.8, 4) is 17.2 Å². The molecule has 10 heteroatoms. The summed E-state index contributed by atoms with van der Waals surface area (Å²) in [5.41, 5.74) is 1.63. The average molecular weight is 573 g/mol. The van der Waals surface area contributed by atoms with Gasteiger partial charge in [0, 0.05) is 12.0 Å². The summed E-state index contributed by atoms with van der Waals surface area (Å²) in [5, 5.41) is 24.2. The number of amides is 1. The third-order valence-corrected chi connectivity index (χ3v) is 7.78. The number of ether oxygens (including phenoxy) is 3. The average Bonchev–Trinajstić information content (AvgIpc) is 3.39. The second-order valence-corrected chi connectivity index (χ2v) is 10.4. The molecule has 2 fully saturated rings. The number of hydrogen-bond donors (Lipinski definition) is 2. The number of hydrogen-bond acceptors (Lipinski definition) is 7. The third-order valence-electron chi connectivity index (χ3n) is 7.18. The van der Waals surface area contributed by atoms with Gasteiger partial charge in [0.2, 0.25) is 5.78 Å². The zero-order valence-electron chi connectivity index (χ0n) is 20.7. The van der Waals surface area contributed by atoms with E-state index >= 15 is 0 Å². The summed E-state index contributed by atoms with van der Waals surface area (Å²) in [6.45, 7) is 5.77. The van der Waals surface area contributed by atoms with E-state index in [1.807, 2.05) is 6.92 Å². The maximum absolute atomic E-state index is 13.8. The molecule has 0 radical (unpaired) electrons. The first-order valence-corrected chi connectivity index (χ1v) is 13.1. The highest BCUT2D eigenvalue weighted by atomic mass is 79.9. The second-order valence-electron chi connectivity index (χ2n) is 9.59. The molecule has 3 aliphatic heterocycles.